The molecular formula is C23H35IN4O4. The zero-order chi connectivity index (χ0) is 21.6. The van der Waals surface area contributed by atoms with Crippen LogP contribution in [0.1, 0.15) is 17.7 Å². The van der Waals surface area contributed by atoms with Gasteiger partial charge in [0, 0.05) is 51.9 Å². The number of aliphatic imine (C=N–C) groups is 1. The van der Waals surface area contributed by atoms with Crippen molar-refractivity contribution in [1.82, 2.24) is 15.5 Å². The molecule has 0 saturated carbocycles. The van der Waals surface area contributed by atoms with E-state index in [9.17, 15) is 0 Å². The van der Waals surface area contributed by atoms with Crippen LogP contribution in [0.5, 0.6) is 5.75 Å². The van der Waals surface area contributed by atoms with Gasteiger partial charge in [-0.05, 0) is 24.6 Å². The number of guanidine groups is 1. The molecule has 2 aromatic rings. The highest BCUT2D eigenvalue weighted by atomic mass is 127. The number of ether oxygens (including phenoxy) is 3. The van der Waals surface area contributed by atoms with Crippen molar-refractivity contribution in [2.45, 2.75) is 19.6 Å². The van der Waals surface area contributed by atoms with Gasteiger partial charge >= 0.3 is 0 Å². The molecule has 3 rings (SSSR count). The van der Waals surface area contributed by atoms with E-state index in [1.807, 2.05) is 30.3 Å². The largest absolute Gasteiger partial charge is 0.492 e. The van der Waals surface area contributed by atoms with Crippen molar-refractivity contribution in [3.63, 3.8) is 0 Å². The zero-order valence-corrected chi connectivity index (χ0v) is 21.1. The van der Waals surface area contributed by atoms with E-state index in [0.29, 0.717) is 26.4 Å². The first kappa shape index (κ1) is 26.4. The molecule has 0 amide bonds. The molecule has 1 aromatic heterocycles. The second-order valence-corrected chi connectivity index (χ2v) is 7.25. The number of halogens is 1. The fraction of sp³-hybridized carbons (Fsp3) is 0.522. The quantitative estimate of drug-likeness (QED) is 0.180. The maximum atomic E-state index is 6.05. The van der Waals surface area contributed by atoms with Crippen LogP contribution >= 0.6 is 24.0 Å². The Morgan fingerprint density at radius 1 is 1.09 bits per heavy atom. The van der Waals surface area contributed by atoms with Crippen molar-refractivity contribution in [2.75, 3.05) is 59.7 Å². The van der Waals surface area contributed by atoms with Gasteiger partial charge in [0.15, 0.2) is 5.96 Å². The molecule has 2 N–H and O–H groups in total. The van der Waals surface area contributed by atoms with Crippen molar-refractivity contribution in [3.05, 3.63) is 54.0 Å². The van der Waals surface area contributed by atoms with Gasteiger partial charge in [-0.3, -0.25) is 9.89 Å². The van der Waals surface area contributed by atoms with Crippen LogP contribution in [0.3, 0.4) is 0 Å². The molecule has 1 aliphatic rings. The molecular weight excluding hydrogens is 523 g/mol. The Kier molecular flexibility index (Phi) is 13.1. The standard InChI is InChI=1S/C23H34N4O4.HI/c1-24-23(25-9-5-13-29-19-21-7-4-14-30-21)26-18-20-6-2-3-8-22(20)31-17-12-27-10-15-28-16-11-27;/h2-4,6-8,14H,5,9-13,15-19H2,1H3,(H2,24,25,26);1H. The lowest BCUT2D eigenvalue weighted by Gasteiger charge is -2.26. The van der Waals surface area contributed by atoms with E-state index in [0.717, 1.165) is 68.8 Å². The summed E-state index contributed by atoms with van der Waals surface area (Å²) in [5, 5.41) is 6.67. The lowest BCUT2D eigenvalue weighted by atomic mass is 10.2. The van der Waals surface area contributed by atoms with Gasteiger partial charge in [-0.15, -0.1) is 24.0 Å². The number of benzene rings is 1. The summed E-state index contributed by atoms with van der Waals surface area (Å²) < 4.78 is 22.3. The molecule has 0 atom stereocenters. The molecule has 0 aliphatic carbocycles. The van der Waals surface area contributed by atoms with E-state index < -0.39 is 0 Å². The average Bonchev–Trinajstić information content (AvgIpc) is 3.33. The monoisotopic (exact) mass is 558 g/mol. The summed E-state index contributed by atoms with van der Waals surface area (Å²) >= 11 is 0. The van der Waals surface area contributed by atoms with Crippen molar-refractivity contribution >= 4 is 29.9 Å². The van der Waals surface area contributed by atoms with E-state index in [1.165, 1.54) is 0 Å². The number of hydrogen-bond acceptors (Lipinski definition) is 6. The normalized spacial score (nSPS) is 14.6. The van der Waals surface area contributed by atoms with E-state index in [1.54, 1.807) is 13.3 Å². The Bertz CT molecular complexity index is 767. The predicted molar refractivity (Wildman–Crippen MR) is 136 cm³/mol. The fourth-order valence-corrected chi connectivity index (χ4v) is 3.25. The first-order chi connectivity index (χ1) is 15.3. The minimum absolute atomic E-state index is 0. The summed E-state index contributed by atoms with van der Waals surface area (Å²) in [7, 11) is 1.77. The first-order valence-electron chi connectivity index (χ1n) is 10.9. The minimum Gasteiger partial charge on any atom is -0.492 e. The van der Waals surface area contributed by atoms with Gasteiger partial charge in [-0.25, -0.2) is 0 Å². The zero-order valence-electron chi connectivity index (χ0n) is 18.8. The van der Waals surface area contributed by atoms with Crippen LogP contribution < -0.4 is 15.4 Å². The van der Waals surface area contributed by atoms with Crippen molar-refractivity contribution in [1.29, 1.82) is 0 Å². The number of hydrogen-bond donors (Lipinski definition) is 2. The minimum atomic E-state index is 0. The summed E-state index contributed by atoms with van der Waals surface area (Å²) in [5.74, 6) is 2.51. The number of para-hydroxylation sites is 1. The molecule has 8 nitrogen and oxygen atoms in total. The van der Waals surface area contributed by atoms with Gasteiger partial charge in [0.2, 0.25) is 0 Å². The Hall–Kier alpha value is -1.82. The number of rotatable bonds is 12. The van der Waals surface area contributed by atoms with Gasteiger partial charge in [0.25, 0.3) is 0 Å². The number of furan rings is 1. The van der Waals surface area contributed by atoms with Crippen LogP contribution in [0, 0.1) is 0 Å². The highest BCUT2D eigenvalue weighted by Gasteiger charge is 2.10. The Labute approximate surface area is 207 Å². The molecule has 0 unspecified atom stereocenters. The Balaban J connectivity index is 0.00000363. The second-order valence-electron chi connectivity index (χ2n) is 7.25. The first-order valence-corrected chi connectivity index (χ1v) is 10.9. The van der Waals surface area contributed by atoms with E-state index in [2.05, 4.69) is 26.6 Å². The number of nitrogens with zero attached hydrogens (tertiary/aromatic N) is 2. The molecule has 0 bridgehead atoms. The highest BCUT2D eigenvalue weighted by Crippen LogP contribution is 2.17. The Morgan fingerprint density at radius 2 is 1.94 bits per heavy atom. The van der Waals surface area contributed by atoms with Crippen molar-refractivity contribution in [3.8, 4) is 5.75 Å². The third-order valence-electron chi connectivity index (χ3n) is 4.99. The highest BCUT2D eigenvalue weighted by molar-refractivity contribution is 14.0. The molecule has 1 saturated heterocycles. The molecule has 0 spiro atoms. The SMILES string of the molecule is CN=C(NCCCOCc1ccco1)NCc1ccccc1OCCN1CCOCC1.I. The molecule has 32 heavy (non-hydrogen) atoms. The molecule has 178 valence electrons. The maximum absolute atomic E-state index is 6.05. The Morgan fingerprint density at radius 3 is 2.72 bits per heavy atom. The van der Waals surface area contributed by atoms with Crippen molar-refractivity contribution < 1.29 is 18.6 Å². The van der Waals surface area contributed by atoms with Gasteiger partial charge in [-0.1, -0.05) is 18.2 Å². The van der Waals surface area contributed by atoms with Gasteiger partial charge in [0.05, 0.1) is 19.5 Å². The molecule has 2 heterocycles. The summed E-state index contributed by atoms with van der Waals surface area (Å²) in [6, 6.07) is 11.9. The van der Waals surface area contributed by atoms with Gasteiger partial charge < -0.3 is 29.3 Å². The van der Waals surface area contributed by atoms with Crippen LogP contribution in [0.2, 0.25) is 0 Å². The third-order valence-corrected chi connectivity index (χ3v) is 4.99. The summed E-state index contributed by atoms with van der Waals surface area (Å²) in [6.07, 6.45) is 2.53. The smallest absolute Gasteiger partial charge is 0.191 e. The summed E-state index contributed by atoms with van der Waals surface area (Å²) in [5.41, 5.74) is 1.11. The van der Waals surface area contributed by atoms with Crippen LogP contribution in [-0.2, 0) is 22.6 Å². The summed E-state index contributed by atoms with van der Waals surface area (Å²) in [6.45, 7) is 7.72. The lowest BCUT2D eigenvalue weighted by molar-refractivity contribution is 0.0322. The lowest BCUT2D eigenvalue weighted by Crippen LogP contribution is -2.39. The van der Waals surface area contributed by atoms with Crippen molar-refractivity contribution in [2.24, 2.45) is 4.99 Å². The van der Waals surface area contributed by atoms with Crippen LogP contribution in [-0.4, -0.2) is 70.5 Å². The molecule has 1 aliphatic heterocycles. The van der Waals surface area contributed by atoms with E-state index in [-0.39, 0.29) is 24.0 Å². The number of morpholine rings is 1. The number of nitrogens with one attached hydrogen (secondary N) is 2. The fourth-order valence-electron chi connectivity index (χ4n) is 3.25. The van der Waals surface area contributed by atoms with E-state index in [4.69, 9.17) is 18.6 Å². The average molecular weight is 558 g/mol. The van der Waals surface area contributed by atoms with Crippen LogP contribution in [0.4, 0.5) is 0 Å². The molecule has 1 fully saturated rings. The second kappa shape index (κ2) is 15.9. The molecule has 9 heteroatoms. The van der Waals surface area contributed by atoms with Crippen LogP contribution in [0.25, 0.3) is 0 Å². The predicted octanol–water partition coefficient (Wildman–Crippen LogP) is 2.88. The van der Waals surface area contributed by atoms with Gasteiger partial charge in [0.1, 0.15) is 24.7 Å². The third kappa shape index (κ3) is 9.76. The van der Waals surface area contributed by atoms with E-state index >= 15 is 0 Å². The maximum Gasteiger partial charge on any atom is 0.191 e. The topological polar surface area (TPSA) is 80.5 Å². The summed E-state index contributed by atoms with van der Waals surface area (Å²) in [4.78, 5) is 6.66. The molecule has 0 radical (unpaired) electrons. The van der Waals surface area contributed by atoms with Crippen LogP contribution in [0.15, 0.2) is 52.1 Å². The molecule has 1 aromatic carbocycles. The van der Waals surface area contributed by atoms with Gasteiger partial charge in [-0.2, -0.15) is 0 Å².